The van der Waals surface area contributed by atoms with Crippen LogP contribution in [0.5, 0.6) is 0 Å². The molecule has 6 aromatic rings. The average molecular weight is 460 g/mol. The van der Waals surface area contributed by atoms with E-state index in [1.165, 1.54) is 11.1 Å². The summed E-state index contributed by atoms with van der Waals surface area (Å²) in [6.45, 7) is 1.92. The Morgan fingerprint density at radius 3 is 1.46 bits per heavy atom. The summed E-state index contributed by atoms with van der Waals surface area (Å²) in [5.41, 5.74) is 6.35. The van der Waals surface area contributed by atoms with Crippen LogP contribution in [0.2, 0.25) is 0 Å². The van der Waals surface area contributed by atoms with E-state index in [0.29, 0.717) is 13.3 Å². The van der Waals surface area contributed by atoms with Crippen LogP contribution in [0.4, 0.5) is 0 Å². The normalized spacial score (nSPS) is 11.7. The number of nitrogens with zero attached hydrogens (tertiary/aromatic N) is 7. The number of benzene rings is 4. The number of hydrogen-bond donors (Lipinski definition) is 0. The third-order valence-electron chi connectivity index (χ3n) is 6.35. The Morgan fingerprint density at radius 2 is 0.971 bits per heavy atom. The molecule has 7 nitrogen and oxygen atoms in total. The Morgan fingerprint density at radius 1 is 0.543 bits per heavy atom. The van der Waals surface area contributed by atoms with Crippen molar-refractivity contribution in [1.29, 1.82) is 0 Å². The van der Waals surface area contributed by atoms with Crippen molar-refractivity contribution in [2.75, 3.05) is 6.54 Å². The van der Waals surface area contributed by atoms with E-state index in [2.05, 4.69) is 98.3 Å². The fourth-order valence-electron chi connectivity index (χ4n) is 4.61. The molecule has 2 aromatic heterocycles. The molecule has 2 heterocycles. The second kappa shape index (κ2) is 9.48. The van der Waals surface area contributed by atoms with Crippen molar-refractivity contribution in [2.24, 2.45) is 0 Å². The van der Waals surface area contributed by atoms with Crippen molar-refractivity contribution in [1.82, 2.24) is 34.9 Å². The summed E-state index contributed by atoms with van der Waals surface area (Å²) in [5, 5.41) is 17.6. The van der Waals surface area contributed by atoms with Crippen molar-refractivity contribution in [2.45, 2.75) is 19.3 Å². The lowest BCUT2D eigenvalue weighted by Crippen LogP contribution is -2.34. The number of para-hydroxylation sites is 2. The molecule has 0 spiro atoms. The Labute approximate surface area is 203 Å². The highest BCUT2D eigenvalue weighted by atomic mass is 15.5. The van der Waals surface area contributed by atoms with E-state index >= 15 is 0 Å². The van der Waals surface area contributed by atoms with Gasteiger partial charge in [0, 0.05) is 12.5 Å². The molecule has 0 saturated carbocycles. The van der Waals surface area contributed by atoms with Gasteiger partial charge in [-0.1, -0.05) is 95.4 Å². The predicted octanol–water partition coefficient (Wildman–Crippen LogP) is 4.93. The summed E-state index contributed by atoms with van der Waals surface area (Å²) < 4.78 is 3.92. The molecule has 0 aliphatic heterocycles. The molecule has 0 radical (unpaired) electrons. The third kappa shape index (κ3) is 4.41. The van der Waals surface area contributed by atoms with Gasteiger partial charge in [0.1, 0.15) is 11.0 Å². The lowest BCUT2D eigenvalue weighted by molar-refractivity contribution is 0.151. The molecule has 172 valence electrons. The third-order valence-corrected chi connectivity index (χ3v) is 6.35. The minimum Gasteiger partial charge on any atom is -0.264 e. The maximum atomic E-state index is 4.46. The van der Waals surface area contributed by atoms with Crippen molar-refractivity contribution in [3.05, 3.63) is 120 Å². The standard InChI is InChI=1S/C28H25N7/c1-3-11-22(12-4-1)24(23-13-5-2-6-14-23)19-33(20-34-27-17-9-7-15-25(27)29-31-34)21-35-28-18-10-8-16-26(28)30-32-35/h1-18,24H,19-21H2. The Bertz CT molecular complexity index is 1420. The van der Waals surface area contributed by atoms with E-state index in [4.69, 9.17) is 0 Å². The summed E-state index contributed by atoms with van der Waals surface area (Å²) in [5.74, 6) is 0.182. The predicted molar refractivity (Wildman–Crippen MR) is 136 cm³/mol. The van der Waals surface area contributed by atoms with Crippen molar-refractivity contribution in [3.63, 3.8) is 0 Å². The zero-order valence-corrected chi connectivity index (χ0v) is 19.2. The fourth-order valence-corrected chi connectivity index (χ4v) is 4.61. The lowest BCUT2D eigenvalue weighted by atomic mass is 9.91. The molecular formula is C28H25N7. The van der Waals surface area contributed by atoms with Crippen LogP contribution in [0.25, 0.3) is 22.1 Å². The molecule has 0 bridgehead atoms. The second-order valence-corrected chi connectivity index (χ2v) is 8.67. The number of fused-ring (bicyclic) bond motifs is 2. The first-order valence-electron chi connectivity index (χ1n) is 11.7. The molecule has 0 fully saturated rings. The highest BCUT2D eigenvalue weighted by Gasteiger charge is 2.21. The van der Waals surface area contributed by atoms with Crippen LogP contribution in [0.15, 0.2) is 109 Å². The highest BCUT2D eigenvalue weighted by molar-refractivity contribution is 5.74. The Hall–Kier alpha value is -4.36. The van der Waals surface area contributed by atoms with Crippen molar-refractivity contribution < 1.29 is 0 Å². The first-order valence-corrected chi connectivity index (χ1v) is 11.7. The fraction of sp³-hybridized carbons (Fsp3) is 0.143. The van der Waals surface area contributed by atoms with Crippen LogP contribution in [0.1, 0.15) is 17.0 Å². The number of rotatable bonds is 8. The van der Waals surface area contributed by atoms with Gasteiger partial charge >= 0.3 is 0 Å². The lowest BCUT2D eigenvalue weighted by Gasteiger charge is -2.28. The average Bonchev–Trinajstić information content (AvgIpc) is 3.52. The van der Waals surface area contributed by atoms with Gasteiger partial charge in [-0.05, 0) is 35.4 Å². The summed E-state index contributed by atoms with van der Waals surface area (Å²) in [7, 11) is 0. The largest absolute Gasteiger partial charge is 0.264 e. The second-order valence-electron chi connectivity index (χ2n) is 8.67. The molecule has 7 heteroatoms. The molecule has 4 aromatic carbocycles. The molecule has 0 atom stereocenters. The SMILES string of the molecule is c1ccc(C(CN(Cn2nnc3ccccc32)Cn2nnc3ccccc32)c2ccccc2)cc1. The van der Waals surface area contributed by atoms with Gasteiger partial charge in [0.25, 0.3) is 0 Å². The van der Waals surface area contributed by atoms with E-state index < -0.39 is 0 Å². The van der Waals surface area contributed by atoms with Crippen LogP contribution in [-0.2, 0) is 13.3 Å². The van der Waals surface area contributed by atoms with Gasteiger partial charge in [-0.25, -0.2) is 9.36 Å². The maximum absolute atomic E-state index is 4.46. The zero-order chi connectivity index (χ0) is 23.5. The molecule has 0 aliphatic carbocycles. The Kier molecular flexibility index (Phi) is 5.74. The smallest absolute Gasteiger partial charge is 0.113 e. The topological polar surface area (TPSA) is 64.7 Å². The molecular weight excluding hydrogens is 434 g/mol. The van der Waals surface area contributed by atoms with Crippen molar-refractivity contribution in [3.8, 4) is 0 Å². The summed E-state index contributed by atoms with van der Waals surface area (Å²) in [6.07, 6.45) is 0. The molecule has 0 amide bonds. The summed E-state index contributed by atoms with van der Waals surface area (Å²) >= 11 is 0. The minimum atomic E-state index is 0.182. The monoisotopic (exact) mass is 459 g/mol. The first kappa shape index (κ1) is 21.2. The minimum absolute atomic E-state index is 0.182. The van der Waals surface area contributed by atoms with E-state index in [9.17, 15) is 0 Å². The zero-order valence-electron chi connectivity index (χ0n) is 19.2. The molecule has 6 rings (SSSR count). The molecule has 0 saturated heterocycles. The summed E-state index contributed by atoms with van der Waals surface area (Å²) in [6, 6.07) is 37.5. The molecule has 0 unspecified atom stereocenters. The van der Waals surface area contributed by atoms with E-state index in [1.807, 2.05) is 45.8 Å². The molecule has 35 heavy (non-hydrogen) atoms. The van der Waals surface area contributed by atoms with E-state index in [-0.39, 0.29) is 5.92 Å². The van der Waals surface area contributed by atoms with Crippen LogP contribution < -0.4 is 0 Å². The summed E-state index contributed by atoms with van der Waals surface area (Å²) in [4.78, 5) is 2.35. The van der Waals surface area contributed by atoms with Gasteiger partial charge in [-0.15, -0.1) is 10.2 Å². The van der Waals surface area contributed by atoms with Crippen molar-refractivity contribution >= 4 is 22.1 Å². The quantitative estimate of drug-likeness (QED) is 0.323. The van der Waals surface area contributed by atoms with Crippen LogP contribution in [0, 0.1) is 0 Å². The number of aromatic nitrogens is 6. The van der Waals surface area contributed by atoms with Gasteiger partial charge in [-0.3, -0.25) is 4.90 Å². The van der Waals surface area contributed by atoms with Gasteiger partial charge in [0.2, 0.25) is 0 Å². The van der Waals surface area contributed by atoms with Gasteiger partial charge in [-0.2, -0.15) is 0 Å². The van der Waals surface area contributed by atoms with E-state index in [1.54, 1.807) is 0 Å². The molecule has 0 N–H and O–H groups in total. The van der Waals surface area contributed by atoms with Gasteiger partial charge in [0.15, 0.2) is 0 Å². The maximum Gasteiger partial charge on any atom is 0.113 e. The van der Waals surface area contributed by atoms with Crippen LogP contribution in [0.3, 0.4) is 0 Å². The Balaban J connectivity index is 1.39. The van der Waals surface area contributed by atoms with Gasteiger partial charge < -0.3 is 0 Å². The number of hydrogen-bond acceptors (Lipinski definition) is 5. The van der Waals surface area contributed by atoms with Crippen LogP contribution in [-0.4, -0.2) is 41.4 Å². The highest BCUT2D eigenvalue weighted by Crippen LogP contribution is 2.27. The first-order chi connectivity index (χ1) is 17.3. The molecule has 0 aliphatic rings. The van der Waals surface area contributed by atoms with E-state index in [0.717, 1.165) is 28.6 Å². The van der Waals surface area contributed by atoms with Crippen LogP contribution >= 0.6 is 0 Å². The van der Waals surface area contributed by atoms with Gasteiger partial charge in [0.05, 0.1) is 24.4 Å².